The lowest BCUT2D eigenvalue weighted by molar-refractivity contribution is -0.114. The molecule has 1 heterocycles. The summed E-state index contributed by atoms with van der Waals surface area (Å²) < 4.78 is 5.14. The number of carbonyl (C=O) groups is 1. The highest BCUT2D eigenvalue weighted by atomic mass is 16.5. The van der Waals surface area contributed by atoms with Gasteiger partial charge in [0, 0.05) is 24.7 Å². The third kappa shape index (κ3) is 1.93. The van der Waals surface area contributed by atoms with Crippen molar-refractivity contribution < 1.29 is 9.53 Å². The van der Waals surface area contributed by atoms with Gasteiger partial charge in [-0.25, -0.2) is 0 Å². The maximum absolute atomic E-state index is 11.2. The summed E-state index contributed by atoms with van der Waals surface area (Å²) in [7, 11) is 1.67. The summed E-state index contributed by atoms with van der Waals surface area (Å²) in [5.41, 5.74) is 2.50. The average molecular weight is 229 g/mol. The van der Waals surface area contributed by atoms with E-state index >= 15 is 0 Å². The molecule has 2 aliphatic rings. The standard InChI is InChI=1S/C14H15NO2/c1-17-13-6-2-10(3-7-13)14-9-15(14)11-4-5-12(16)8-11/h2-3,6-8,14H,4-5,9H2,1H3. The molecule has 3 heteroatoms. The molecule has 1 unspecified atom stereocenters. The molecule has 88 valence electrons. The van der Waals surface area contributed by atoms with Gasteiger partial charge in [0.1, 0.15) is 5.75 Å². The largest absolute Gasteiger partial charge is 0.497 e. The fourth-order valence-electron chi connectivity index (χ4n) is 2.38. The van der Waals surface area contributed by atoms with E-state index in [2.05, 4.69) is 17.0 Å². The fourth-order valence-corrected chi connectivity index (χ4v) is 2.38. The van der Waals surface area contributed by atoms with Crippen LogP contribution in [0.3, 0.4) is 0 Å². The second kappa shape index (κ2) is 3.91. The van der Waals surface area contributed by atoms with Gasteiger partial charge in [0.05, 0.1) is 13.2 Å². The Kier molecular flexibility index (Phi) is 2.39. The number of ether oxygens (including phenoxy) is 1. The van der Waals surface area contributed by atoms with E-state index < -0.39 is 0 Å². The van der Waals surface area contributed by atoms with Crippen molar-refractivity contribution in [3.05, 3.63) is 41.6 Å². The first-order chi connectivity index (χ1) is 8.28. The van der Waals surface area contributed by atoms with Gasteiger partial charge < -0.3 is 9.64 Å². The Hall–Kier alpha value is -1.77. The van der Waals surface area contributed by atoms with E-state index in [9.17, 15) is 4.79 Å². The summed E-state index contributed by atoms with van der Waals surface area (Å²) in [5, 5.41) is 0. The Morgan fingerprint density at radius 2 is 2.00 bits per heavy atom. The van der Waals surface area contributed by atoms with E-state index in [1.54, 1.807) is 13.2 Å². The van der Waals surface area contributed by atoms with Crippen LogP contribution < -0.4 is 4.74 Å². The lowest BCUT2D eigenvalue weighted by atomic mass is 10.1. The molecule has 1 aromatic carbocycles. The molecule has 17 heavy (non-hydrogen) atoms. The first-order valence-corrected chi connectivity index (χ1v) is 5.92. The smallest absolute Gasteiger partial charge is 0.157 e. The van der Waals surface area contributed by atoms with Gasteiger partial charge in [-0.2, -0.15) is 0 Å². The van der Waals surface area contributed by atoms with Crippen molar-refractivity contribution in [3.63, 3.8) is 0 Å². The van der Waals surface area contributed by atoms with Crippen LogP contribution in [0.4, 0.5) is 0 Å². The summed E-state index contributed by atoms with van der Waals surface area (Å²) in [6.45, 7) is 1.03. The molecule has 0 spiro atoms. The predicted octanol–water partition coefficient (Wildman–Crippen LogP) is 2.30. The Labute approximate surface area is 101 Å². The molecular formula is C14H15NO2. The number of carbonyl (C=O) groups excluding carboxylic acids is 1. The van der Waals surface area contributed by atoms with E-state index in [1.807, 2.05) is 12.1 Å². The minimum absolute atomic E-state index is 0.264. The molecule has 0 radical (unpaired) electrons. The predicted molar refractivity (Wildman–Crippen MR) is 64.8 cm³/mol. The maximum atomic E-state index is 11.2. The molecule has 3 nitrogen and oxygen atoms in total. The van der Waals surface area contributed by atoms with Gasteiger partial charge in [-0.15, -0.1) is 0 Å². The zero-order valence-electron chi connectivity index (χ0n) is 9.85. The van der Waals surface area contributed by atoms with Crippen LogP contribution in [0.15, 0.2) is 36.0 Å². The average Bonchev–Trinajstić information content (AvgIpc) is 3.05. The van der Waals surface area contributed by atoms with Crippen LogP contribution in [0.1, 0.15) is 24.4 Å². The normalized spacial score (nSPS) is 22.6. The Balaban J connectivity index is 1.71. The summed E-state index contributed by atoms with van der Waals surface area (Å²) >= 11 is 0. The van der Waals surface area contributed by atoms with E-state index in [0.717, 1.165) is 18.7 Å². The number of methoxy groups -OCH3 is 1. The van der Waals surface area contributed by atoms with Crippen molar-refractivity contribution in [2.75, 3.05) is 13.7 Å². The zero-order chi connectivity index (χ0) is 11.8. The summed E-state index contributed by atoms with van der Waals surface area (Å²) in [6, 6.07) is 8.62. The lowest BCUT2D eigenvalue weighted by Crippen LogP contribution is -1.95. The van der Waals surface area contributed by atoms with Crippen LogP contribution in [0.25, 0.3) is 0 Å². The molecule has 0 N–H and O–H groups in total. The first kappa shape index (κ1) is 10.4. The quantitative estimate of drug-likeness (QED) is 0.745. The number of hydrogen-bond donors (Lipinski definition) is 0. The van der Waals surface area contributed by atoms with Gasteiger partial charge in [0.2, 0.25) is 0 Å². The number of benzene rings is 1. The van der Waals surface area contributed by atoms with Crippen LogP contribution in [-0.2, 0) is 4.79 Å². The summed E-state index contributed by atoms with van der Waals surface area (Å²) in [4.78, 5) is 13.5. The molecule has 1 fully saturated rings. The highest BCUT2D eigenvalue weighted by Gasteiger charge is 2.38. The zero-order valence-corrected chi connectivity index (χ0v) is 9.85. The van der Waals surface area contributed by atoms with Gasteiger partial charge in [0.15, 0.2) is 5.78 Å². The molecule has 1 atom stereocenters. The topological polar surface area (TPSA) is 29.3 Å². The van der Waals surface area contributed by atoms with E-state index in [1.165, 1.54) is 11.3 Å². The van der Waals surface area contributed by atoms with Gasteiger partial charge in [-0.1, -0.05) is 12.1 Å². The molecule has 1 aromatic rings. The molecular weight excluding hydrogens is 214 g/mol. The van der Waals surface area contributed by atoms with Crippen molar-refractivity contribution in [1.29, 1.82) is 0 Å². The first-order valence-electron chi connectivity index (χ1n) is 5.92. The number of ketones is 1. The van der Waals surface area contributed by atoms with Crippen LogP contribution in [0.2, 0.25) is 0 Å². The van der Waals surface area contributed by atoms with Crippen molar-refractivity contribution in [2.24, 2.45) is 0 Å². The van der Waals surface area contributed by atoms with E-state index in [0.29, 0.717) is 12.5 Å². The number of hydrogen-bond acceptors (Lipinski definition) is 3. The van der Waals surface area contributed by atoms with Crippen LogP contribution in [-0.4, -0.2) is 24.3 Å². The van der Waals surface area contributed by atoms with Crippen LogP contribution >= 0.6 is 0 Å². The minimum atomic E-state index is 0.264. The molecule has 1 aliphatic carbocycles. The van der Waals surface area contributed by atoms with Gasteiger partial charge >= 0.3 is 0 Å². The molecule has 3 rings (SSSR count). The fraction of sp³-hybridized carbons (Fsp3) is 0.357. The Bertz CT molecular complexity index is 476. The van der Waals surface area contributed by atoms with Crippen LogP contribution in [0, 0.1) is 0 Å². The highest BCUT2D eigenvalue weighted by Crippen LogP contribution is 2.41. The maximum Gasteiger partial charge on any atom is 0.157 e. The monoisotopic (exact) mass is 229 g/mol. The van der Waals surface area contributed by atoms with Crippen molar-refractivity contribution in [3.8, 4) is 5.75 Å². The van der Waals surface area contributed by atoms with Crippen molar-refractivity contribution in [1.82, 2.24) is 4.90 Å². The van der Waals surface area contributed by atoms with Gasteiger partial charge in [-0.05, 0) is 24.1 Å². The second-order valence-corrected chi connectivity index (χ2v) is 4.54. The highest BCUT2D eigenvalue weighted by molar-refractivity contribution is 5.92. The van der Waals surface area contributed by atoms with Gasteiger partial charge in [0.25, 0.3) is 0 Å². The van der Waals surface area contributed by atoms with Crippen molar-refractivity contribution in [2.45, 2.75) is 18.9 Å². The van der Waals surface area contributed by atoms with Crippen molar-refractivity contribution >= 4 is 5.78 Å². The Morgan fingerprint density at radius 1 is 1.24 bits per heavy atom. The second-order valence-electron chi connectivity index (χ2n) is 4.54. The van der Waals surface area contributed by atoms with Crippen LogP contribution in [0.5, 0.6) is 5.75 Å². The van der Waals surface area contributed by atoms with E-state index in [-0.39, 0.29) is 5.78 Å². The SMILES string of the molecule is COc1ccc(C2CN2C2=CC(=O)CC2)cc1. The van der Waals surface area contributed by atoms with Gasteiger partial charge in [-0.3, -0.25) is 4.79 Å². The third-order valence-corrected chi connectivity index (χ3v) is 3.44. The molecule has 0 saturated carbocycles. The third-order valence-electron chi connectivity index (χ3n) is 3.44. The van der Waals surface area contributed by atoms with E-state index in [4.69, 9.17) is 4.74 Å². The number of nitrogens with zero attached hydrogens (tertiary/aromatic N) is 1. The summed E-state index contributed by atoms with van der Waals surface area (Å²) in [5.74, 6) is 1.15. The number of rotatable bonds is 3. The molecule has 1 saturated heterocycles. The molecule has 0 aromatic heterocycles. The lowest BCUT2D eigenvalue weighted by Gasteiger charge is -2.06. The summed E-state index contributed by atoms with van der Waals surface area (Å²) in [6.07, 6.45) is 3.39. The minimum Gasteiger partial charge on any atom is -0.497 e. The molecule has 1 aliphatic heterocycles. The molecule has 0 amide bonds. The molecule has 0 bridgehead atoms. The Morgan fingerprint density at radius 3 is 2.59 bits per heavy atom. The number of allylic oxidation sites excluding steroid dienone is 2.